The van der Waals surface area contributed by atoms with Crippen LogP contribution in [0.5, 0.6) is 11.5 Å². The molecule has 3 atom stereocenters. The van der Waals surface area contributed by atoms with Gasteiger partial charge in [-0.05, 0) is 61.9 Å². The molecule has 0 radical (unpaired) electrons. The number of fused-ring (bicyclic) bond motifs is 1. The Morgan fingerprint density at radius 2 is 1.86 bits per heavy atom. The van der Waals surface area contributed by atoms with E-state index >= 15 is 0 Å². The fourth-order valence-electron chi connectivity index (χ4n) is 5.84. The van der Waals surface area contributed by atoms with Gasteiger partial charge in [-0.25, -0.2) is 5.10 Å². The lowest BCUT2D eigenvalue weighted by Gasteiger charge is -2.36. The number of aromatic amines is 1. The van der Waals surface area contributed by atoms with Crippen molar-refractivity contribution in [2.45, 2.75) is 64.6 Å². The molecule has 37 heavy (non-hydrogen) atoms. The Labute approximate surface area is 216 Å². The third kappa shape index (κ3) is 4.41. The van der Waals surface area contributed by atoms with Crippen molar-refractivity contribution in [1.82, 2.24) is 20.4 Å². The lowest BCUT2D eigenvalue weighted by molar-refractivity contribution is -0.134. The van der Waals surface area contributed by atoms with Crippen LogP contribution in [-0.4, -0.2) is 39.0 Å². The van der Waals surface area contributed by atoms with Gasteiger partial charge >= 0.3 is 5.56 Å². The maximum absolute atomic E-state index is 13.7. The number of carbonyl (C=O) groups is 2. The molecule has 2 amide bonds. The first-order valence-corrected chi connectivity index (χ1v) is 12.7. The van der Waals surface area contributed by atoms with Gasteiger partial charge in [-0.15, -0.1) is 0 Å². The van der Waals surface area contributed by atoms with Gasteiger partial charge in [0.15, 0.2) is 5.75 Å². The van der Waals surface area contributed by atoms with E-state index in [4.69, 9.17) is 4.74 Å². The molecule has 2 aliphatic rings. The summed E-state index contributed by atoms with van der Waals surface area (Å²) in [4.78, 5) is 41.0. The van der Waals surface area contributed by atoms with Gasteiger partial charge in [0.25, 0.3) is 5.91 Å². The van der Waals surface area contributed by atoms with E-state index in [0.717, 1.165) is 18.4 Å². The average molecular weight is 501 g/mol. The van der Waals surface area contributed by atoms with Crippen LogP contribution in [0.1, 0.15) is 60.3 Å². The molecule has 8 heteroatoms. The molecule has 1 aromatic heterocycles. The van der Waals surface area contributed by atoms with Gasteiger partial charge in [0.1, 0.15) is 11.8 Å². The summed E-state index contributed by atoms with van der Waals surface area (Å²) < 4.78 is 5.78. The van der Waals surface area contributed by atoms with Crippen molar-refractivity contribution in [3.63, 3.8) is 0 Å². The average Bonchev–Trinajstić information content (AvgIpc) is 3.39. The summed E-state index contributed by atoms with van der Waals surface area (Å²) >= 11 is 0. The number of nitrogens with zero attached hydrogens (tertiary/aromatic N) is 2. The van der Waals surface area contributed by atoms with Gasteiger partial charge < -0.3 is 15.0 Å². The normalized spacial score (nSPS) is 22.8. The van der Waals surface area contributed by atoms with Crippen molar-refractivity contribution in [2.75, 3.05) is 0 Å². The Hall–Kier alpha value is -3.94. The second kappa shape index (κ2) is 9.50. The van der Waals surface area contributed by atoms with Crippen LogP contribution in [0.3, 0.4) is 0 Å². The van der Waals surface area contributed by atoms with Gasteiger partial charge in [-0.2, -0.15) is 5.10 Å². The molecular formula is C29H32N4O4. The number of nitrogens with one attached hydrogen (secondary N) is 2. The van der Waals surface area contributed by atoms with E-state index in [-0.39, 0.29) is 23.6 Å². The summed E-state index contributed by atoms with van der Waals surface area (Å²) in [5.41, 5.74) is 2.05. The molecule has 2 fully saturated rings. The number of H-pyrrole nitrogens is 1. The topological polar surface area (TPSA) is 104 Å². The molecule has 2 aliphatic heterocycles. The second-order valence-electron chi connectivity index (χ2n) is 10.5. The Kier molecular flexibility index (Phi) is 6.35. The van der Waals surface area contributed by atoms with Gasteiger partial charge in [0, 0.05) is 24.1 Å². The number of ether oxygens (including phenoxy) is 1. The molecule has 8 nitrogen and oxygen atoms in total. The maximum Gasteiger partial charge on any atom is 0.307 e. The number of amides is 2. The van der Waals surface area contributed by atoms with Crippen LogP contribution in [0.15, 0.2) is 59.4 Å². The van der Waals surface area contributed by atoms with E-state index in [9.17, 15) is 14.4 Å². The van der Waals surface area contributed by atoms with Gasteiger partial charge in [-0.3, -0.25) is 14.4 Å². The predicted molar refractivity (Wildman–Crippen MR) is 140 cm³/mol. The van der Waals surface area contributed by atoms with Crippen molar-refractivity contribution in [3.05, 3.63) is 87.3 Å². The smallest absolute Gasteiger partial charge is 0.307 e. The number of aromatic nitrogens is 2. The molecular weight excluding hydrogens is 468 g/mol. The zero-order chi connectivity index (χ0) is 26.3. The minimum absolute atomic E-state index is 0.0163. The largest absolute Gasteiger partial charge is 0.451 e. The number of hydrogen-bond acceptors (Lipinski definition) is 5. The van der Waals surface area contributed by atoms with Gasteiger partial charge in [0.05, 0.1) is 11.2 Å². The highest BCUT2D eigenvalue weighted by Crippen LogP contribution is 2.51. The fraction of sp³-hybridized carbons (Fsp3) is 0.379. The Morgan fingerprint density at radius 3 is 2.57 bits per heavy atom. The van der Waals surface area contributed by atoms with Crippen molar-refractivity contribution in [1.29, 1.82) is 0 Å². The summed E-state index contributed by atoms with van der Waals surface area (Å²) in [6.45, 7) is 7.86. The monoisotopic (exact) mass is 500 g/mol. The highest BCUT2D eigenvalue weighted by molar-refractivity contribution is 5.99. The van der Waals surface area contributed by atoms with Crippen LogP contribution in [0.25, 0.3) is 0 Å². The molecule has 3 aromatic rings. The minimum atomic E-state index is -0.594. The third-order valence-corrected chi connectivity index (χ3v) is 7.66. The molecule has 0 spiro atoms. The number of carbonyl (C=O) groups excluding carboxylic acids is 2. The van der Waals surface area contributed by atoms with Crippen LogP contribution in [0.2, 0.25) is 0 Å². The highest BCUT2D eigenvalue weighted by atomic mass is 16.5. The van der Waals surface area contributed by atoms with E-state index in [1.165, 1.54) is 0 Å². The molecule has 0 unspecified atom stereocenters. The van der Waals surface area contributed by atoms with Crippen LogP contribution in [-0.2, 0) is 10.3 Å². The number of benzene rings is 2. The number of hydrogen-bond donors (Lipinski definition) is 2. The van der Waals surface area contributed by atoms with E-state index in [1.807, 2.05) is 30.0 Å². The first-order chi connectivity index (χ1) is 17.7. The number of aryl methyl sites for hydroxylation is 2. The highest BCUT2D eigenvalue weighted by Gasteiger charge is 2.58. The van der Waals surface area contributed by atoms with Crippen LogP contribution >= 0.6 is 0 Å². The molecule has 192 valence electrons. The summed E-state index contributed by atoms with van der Waals surface area (Å²) in [7, 11) is 0. The lowest BCUT2D eigenvalue weighted by Crippen LogP contribution is -2.47. The zero-order valence-corrected chi connectivity index (χ0v) is 21.6. The summed E-state index contributed by atoms with van der Waals surface area (Å²) in [6, 6.07) is 16.3. The molecule has 2 saturated heterocycles. The second-order valence-corrected chi connectivity index (χ2v) is 10.5. The predicted octanol–water partition coefficient (Wildman–Crippen LogP) is 4.22. The lowest BCUT2D eigenvalue weighted by atomic mass is 9.85. The quantitative estimate of drug-likeness (QED) is 0.527. The maximum atomic E-state index is 13.7. The first-order valence-electron chi connectivity index (χ1n) is 12.7. The summed E-state index contributed by atoms with van der Waals surface area (Å²) in [5, 5.41) is 9.25. The van der Waals surface area contributed by atoms with Crippen LogP contribution in [0, 0.1) is 19.8 Å². The first kappa shape index (κ1) is 24.7. The molecule has 2 aromatic carbocycles. The third-order valence-electron chi connectivity index (χ3n) is 7.66. The molecule has 5 rings (SSSR count). The summed E-state index contributed by atoms with van der Waals surface area (Å²) in [5.74, 6) is 0.605. The molecule has 0 aliphatic carbocycles. The molecule has 3 heterocycles. The van der Waals surface area contributed by atoms with Crippen molar-refractivity contribution in [3.8, 4) is 11.5 Å². The van der Waals surface area contributed by atoms with Crippen molar-refractivity contribution >= 4 is 11.8 Å². The van der Waals surface area contributed by atoms with E-state index in [0.29, 0.717) is 34.9 Å². The Balaban J connectivity index is 1.36. The Bertz CT molecular complexity index is 1400. The number of rotatable bonds is 6. The Morgan fingerprint density at radius 1 is 1.11 bits per heavy atom. The summed E-state index contributed by atoms with van der Waals surface area (Å²) in [6.07, 6.45) is 2.39. The van der Waals surface area contributed by atoms with Crippen molar-refractivity contribution in [2.24, 2.45) is 5.92 Å². The zero-order valence-electron chi connectivity index (χ0n) is 21.6. The standard InChI is InChI=1S/C29H32N4O4/c1-17(2)23-12-13-29(21-8-6-5-7-9-21)16-22(28(36)33(23)29)30-26(34)20-10-11-24(18(3)14-20)37-25-15-19(4)31-32-27(25)35/h5-11,14-15,17,22-23H,12-13,16H2,1-4H3,(H,30,34)(H,32,35)/t22-,23+,29+/m0/s1. The van der Waals surface area contributed by atoms with Crippen LogP contribution < -0.4 is 15.6 Å². The van der Waals surface area contributed by atoms with E-state index in [1.54, 1.807) is 31.2 Å². The SMILES string of the molecule is Cc1cc(Oc2ccc(C(=O)N[C@H]3C[C@@]4(c5ccccc5)CC[C@H](C(C)C)N4C3=O)cc2C)c(=O)[nH]n1. The minimum Gasteiger partial charge on any atom is -0.451 e. The molecule has 0 bridgehead atoms. The van der Waals surface area contributed by atoms with Crippen molar-refractivity contribution < 1.29 is 14.3 Å². The molecule has 0 saturated carbocycles. The van der Waals surface area contributed by atoms with Gasteiger partial charge in [0.2, 0.25) is 5.91 Å². The van der Waals surface area contributed by atoms with Crippen LogP contribution in [0.4, 0.5) is 0 Å². The van der Waals surface area contributed by atoms with E-state index < -0.39 is 17.1 Å². The van der Waals surface area contributed by atoms with Gasteiger partial charge in [-0.1, -0.05) is 44.2 Å². The fourth-order valence-corrected chi connectivity index (χ4v) is 5.84. The van der Waals surface area contributed by atoms with E-state index in [2.05, 4.69) is 41.5 Å². The molecule has 2 N–H and O–H groups in total.